The molecule has 4 heteroatoms. The molecule has 3 nitrogen and oxygen atoms in total. The summed E-state index contributed by atoms with van der Waals surface area (Å²) in [6.07, 6.45) is 0. The molecule has 1 unspecified atom stereocenters. The van der Waals surface area contributed by atoms with Crippen LogP contribution in [-0.4, -0.2) is 16.8 Å². The van der Waals surface area contributed by atoms with Crippen molar-refractivity contribution < 1.29 is 10.2 Å². The average Bonchev–Trinajstić information content (AvgIpc) is 2.03. The van der Waals surface area contributed by atoms with Crippen molar-refractivity contribution in [3.63, 3.8) is 0 Å². The molecule has 1 aromatic carbocycles. The zero-order valence-corrected chi connectivity index (χ0v) is 7.29. The highest BCUT2D eigenvalue weighted by Gasteiger charge is 2.03. The van der Waals surface area contributed by atoms with Crippen LogP contribution in [0.5, 0.6) is 5.75 Å². The maximum atomic E-state index is 9.02. The van der Waals surface area contributed by atoms with Gasteiger partial charge in [0.1, 0.15) is 5.75 Å². The summed E-state index contributed by atoms with van der Waals surface area (Å²) in [5.74, 6) is 0.173. The number of aliphatic hydroxyl groups excluding tert-OH is 1. The first-order valence-electron chi connectivity index (χ1n) is 3.39. The largest absolute Gasteiger partial charge is 0.508 e. The van der Waals surface area contributed by atoms with E-state index in [0.29, 0.717) is 0 Å². The van der Waals surface area contributed by atoms with Crippen molar-refractivity contribution >= 4 is 12.4 Å². The van der Waals surface area contributed by atoms with Crippen molar-refractivity contribution in [2.45, 2.75) is 6.04 Å². The molecule has 0 saturated heterocycles. The van der Waals surface area contributed by atoms with E-state index in [0.717, 1.165) is 5.56 Å². The first kappa shape index (κ1) is 11.2. The van der Waals surface area contributed by atoms with Crippen LogP contribution in [0.2, 0.25) is 0 Å². The lowest BCUT2D eigenvalue weighted by molar-refractivity contribution is 0.268. The Hall–Kier alpha value is -0.770. The zero-order valence-electron chi connectivity index (χ0n) is 6.47. The number of phenols is 1. The van der Waals surface area contributed by atoms with Crippen LogP contribution in [0, 0.1) is 0 Å². The highest BCUT2D eigenvalue weighted by atomic mass is 35.5. The van der Waals surface area contributed by atoms with Gasteiger partial charge >= 0.3 is 0 Å². The molecule has 0 aromatic heterocycles. The third kappa shape index (κ3) is 2.70. The second-order valence-corrected chi connectivity index (χ2v) is 2.38. The summed E-state index contributed by atoms with van der Waals surface area (Å²) in [5.41, 5.74) is 6.25. The highest BCUT2D eigenvalue weighted by Crippen LogP contribution is 2.15. The summed E-state index contributed by atoms with van der Waals surface area (Å²) in [6, 6.07) is 6.16. The minimum atomic E-state index is -0.401. The molecule has 0 bridgehead atoms. The fraction of sp³-hybridized carbons (Fsp3) is 0.250. The topological polar surface area (TPSA) is 66.5 Å². The third-order valence-corrected chi connectivity index (χ3v) is 1.50. The second-order valence-electron chi connectivity index (χ2n) is 2.38. The number of benzene rings is 1. The van der Waals surface area contributed by atoms with Gasteiger partial charge in [-0.25, -0.2) is 0 Å². The number of halogens is 1. The fourth-order valence-corrected chi connectivity index (χ4v) is 0.861. The molecule has 0 saturated carbocycles. The number of hydrogen-bond donors (Lipinski definition) is 3. The van der Waals surface area contributed by atoms with Gasteiger partial charge in [-0.1, -0.05) is 12.1 Å². The molecular formula is C8H12ClNO2. The predicted molar refractivity (Wildman–Crippen MR) is 49.4 cm³/mol. The summed E-state index contributed by atoms with van der Waals surface area (Å²) >= 11 is 0. The van der Waals surface area contributed by atoms with Crippen molar-refractivity contribution in [3.8, 4) is 5.75 Å². The molecule has 4 N–H and O–H groups in total. The molecule has 0 amide bonds. The molecule has 12 heavy (non-hydrogen) atoms. The zero-order chi connectivity index (χ0) is 8.27. The number of rotatable bonds is 2. The Morgan fingerprint density at radius 3 is 2.58 bits per heavy atom. The Morgan fingerprint density at radius 2 is 2.08 bits per heavy atom. The average molecular weight is 190 g/mol. The SMILES string of the molecule is Cl.NC(CO)c1cccc(O)c1. The predicted octanol–water partition coefficient (Wildman–Crippen LogP) is 0.806. The second kappa shape index (κ2) is 4.98. The molecule has 0 aliphatic heterocycles. The summed E-state index contributed by atoms with van der Waals surface area (Å²) < 4.78 is 0. The van der Waals surface area contributed by atoms with Crippen molar-refractivity contribution in [1.29, 1.82) is 0 Å². The first-order chi connectivity index (χ1) is 5.24. The van der Waals surface area contributed by atoms with Gasteiger partial charge < -0.3 is 15.9 Å². The van der Waals surface area contributed by atoms with Gasteiger partial charge in [-0.2, -0.15) is 0 Å². The minimum absolute atomic E-state index is 0. The molecule has 1 atom stereocenters. The molecular weight excluding hydrogens is 178 g/mol. The molecule has 0 radical (unpaired) electrons. The lowest BCUT2D eigenvalue weighted by Gasteiger charge is -2.07. The van der Waals surface area contributed by atoms with Crippen LogP contribution in [0.25, 0.3) is 0 Å². The van der Waals surface area contributed by atoms with Gasteiger partial charge in [-0.15, -0.1) is 12.4 Å². The molecule has 0 heterocycles. The first-order valence-corrected chi connectivity index (χ1v) is 3.39. The van der Waals surface area contributed by atoms with Gasteiger partial charge in [0.2, 0.25) is 0 Å². The number of phenolic OH excluding ortho intramolecular Hbond substituents is 1. The molecule has 0 fully saturated rings. The Morgan fingerprint density at radius 1 is 1.42 bits per heavy atom. The van der Waals surface area contributed by atoms with E-state index in [9.17, 15) is 0 Å². The van der Waals surface area contributed by atoms with Gasteiger partial charge in [0.15, 0.2) is 0 Å². The quantitative estimate of drug-likeness (QED) is 0.645. The normalized spacial score (nSPS) is 11.8. The molecule has 0 spiro atoms. The van der Waals surface area contributed by atoms with Crippen LogP contribution in [0.3, 0.4) is 0 Å². The number of aromatic hydroxyl groups is 1. The monoisotopic (exact) mass is 189 g/mol. The van der Waals surface area contributed by atoms with Gasteiger partial charge in [0.05, 0.1) is 12.6 Å². The Kier molecular flexibility index (Phi) is 4.66. The van der Waals surface area contributed by atoms with Gasteiger partial charge in [0.25, 0.3) is 0 Å². The van der Waals surface area contributed by atoms with E-state index in [4.69, 9.17) is 15.9 Å². The molecule has 1 rings (SSSR count). The van der Waals surface area contributed by atoms with E-state index in [1.165, 1.54) is 0 Å². The maximum Gasteiger partial charge on any atom is 0.115 e. The summed E-state index contributed by atoms with van der Waals surface area (Å²) in [5, 5.41) is 17.7. The Balaban J connectivity index is 0.00000121. The van der Waals surface area contributed by atoms with Gasteiger partial charge in [-0.3, -0.25) is 0 Å². The number of nitrogens with two attached hydrogens (primary N) is 1. The standard InChI is InChI=1S/C8H11NO2.ClH/c9-8(5-10)6-2-1-3-7(11)4-6;/h1-4,8,10-11H,5,9H2;1H. The Labute approximate surface area is 77.2 Å². The van der Waals surface area contributed by atoms with Crippen molar-refractivity contribution in [2.75, 3.05) is 6.61 Å². The van der Waals surface area contributed by atoms with Crippen LogP contribution in [0.1, 0.15) is 11.6 Å². The molecule has 68 valence electrons. The fourth-order valence-electron chi connectivity index (χ4n) is 0.861. The van der Waals surface area contributed by atoms with Crippen LogP contribution in [0.15, 0.2) is 24.3 Å². The van der Waals surface area contributed by atoms with Crippen LogP contribution in [0.4, 0.5) is 0 Å². The van der Waals surface area contributed by atoms with Crippen molar-refractivity contribution in [1.82, 2.24) is 0 Å². The smallest absolute Gasteiger partial charge is 0.115 e. The summed E-state index contributed by atoms with van der Waals surface area (Å²) in [7, 11) is 0. The van der Waals surface area contributed by atoms with E-state index in [2.05, 4.69) is 0 Å². The van der Waals surface area contributed by atoms with Crippen LogP contribution >= 0.6 is 12.4 Å². The van der Waals surface area contributed by atoms with Crippen molar-refractivity contribution in [2.24, 2.45) is 5.73 Å². The number of aliphatic hydroxyl groups is 1. The van der Waals surface area contributed by atoms with E-state index >= 15 is 0 Å². The summed E-state index contributed by atoms with van der Waals surface area (Å²) in [6.45, 7) is -0.108. The Bertz CT molecular complexity index is 242. The number of hydrogen-bond acceptors (Lipinski definition) is 3. The van der Waals surface area contributed by atoms with Crippen LogP contribution < -0.4 is 5.73 Å². The maximum absolute atomic E-state index is 9.02. The van der Waals surface area contributed by atoms with E-state index in [1.54, 1.807) is 24.3 Å². The molecule has 0 aliphatic carbocycles. The van der Waals surface area contributed by atoms with Gasteiger partial charge in [0, 0.05) is 0 Å². The highest BCUT2D eigenvalue weighted by molar-refractivity contribution is 5.85. The summed E-state index contributed by atoms with van der Waals surface area (Å²) in [4.78, 5) is 0. The van der Waals surface area contributed by atoms with E-state index in [1.807, 2.05) is 0 Å². The van der Waals surface area contributed by atoms with Crippen molar-refractivity contribution in [3.05, 3.63) is 29.8 Å². The van der Waals surface area contributed by atoms with E-state index in [-0.39, 0.29) is 24.8 Å². The minimum Gasteiger partial charge on any atom is -0.508 e. The molecule has 0 aliphatic rings. The molecule has 1 aromatic rings. The van der Waals surface area contributed by atoms with Crippen LogP contribution in [-0.2, 0) is 0 Å². The van der Waals surface area contributed by atoms with E-state index < -0.39 is 6.04 Å². The van der Waals surface area contributed by atoms with Gasteiger partial charge in [-0.05, 0) is 17.7 Å². The lowest BCUT2D eigenvalue weighted by atomic mass is 10.1. The third-order valence-electron chi connectivity index (χ3n) is 1.50. The lowest BCUT2D eigenvalue weighted by Crippen LogP contribution is -2.13.